The molecule has 0 aliphatic carbocycles. The zero-order valence-electron chi connectivity index (χ0n) is 17.1. The molecule has 0 spiro atoms. The van der Waals surface area contributed by atoms with Crippen molar-refractivity contribution in [2.75, 3.05) is 24.2 Å². The normalized spacial score (nSPS) is 12.2. The van der Waals surface area contributed by atoms with Gasteiger partial charge in [-0.2, -0.15) is 0 Å². The minimum absolute atomic E-state index is 0.0271. The van der Waals surface area contributed by atoms with E-state index in [1.54, 1.807) is 6.07 Å². The van der Waals surface area contributed by atoms with Crippen molar-refractivity contribution in [3.8, 4) is 0 Å². The summed E-state index contributed by atoms with van der Waals surface area (Å²) in [5.41, 5.74) is 0.128. The fraction of sp³-hybridized carbons (Fsp3) is 0.300. The second kappa shape index (κ2) is 10.1. The Balaban J connectivity index is 2.42. The van der Waals surface area contributed by atoms with Crippen LogP contribution in [0.25, 0.3) is 0 Å². The van der Waals surface area contributed by atoms with Crippen molar-refractivity contribution in [3.63, 3.8) is 0 Å². The lowest BCUT2D eigenvalue weighted by molar-refractivity contribution is -0.139. The Morgan fingerprint density at radius 1 is 1.13 bits per heavy atom. The number of amides is 2. The van der Waals surface area contributed by atoms with Crippen LogP contribution in [0.2, 0.25) is 5.02 Å². The van der Waals surface area contributed by atoms with Gasteiger partial charge in [-0.05, 0) is 31.2 Å². The third kappa shape index (κ3) is 6.14. The SMILES string of the molecule is CNC(=O)C(C)N(Cc1ccccc1F)C(=O)CN(c1ccc(F)c(Cl)c1)S(C)(=O)=O. The van der Waals surface area contributed by atoms with E-state index in [1.807, 2.05) is 0 Å². The van der Waals surface area contributed by atoms with Crippen LogP contribution in [-0.2, 0) is 26.2 Å². The van der Waals surface area contributed by atoms with Crippen LogP contribution in [0, 0.1) is 11.6 Å². The molecule has 0 heterocycles. The number of likely N-dealkylation sites (N-methyl/N-ethyl adjacent to an activating group) is 1. The van der Waals surface area contributed by atoms with Gasteiger partial charge in [0.15, 0.2) is 0 Å². The minimum Gasteiger partial charge on any atom is -0.357 e. The number of halogens is 3. The third-order valence-corrected chi connectivity index (χ3v) is 6.01. The summed E-state index contributed by atoms with van der Waals surface area (Å²) in [6.07, 6.45) is 0.876. The summed E-state index contributed by atoms with van der Waals surface area (Å²) in [5.74, 6) is -2.60. The first-order valence-corrected chi connectivity index (χ1v) is 11.4. The first kappa shape index (κ1) is 24.5. The average molecular weight is 474 g/mol. The molecule has 0 aliphatic rings. The van der Waals surface area contributed by atoms with Gasteiger partial charge in [0.2, 0.25) is 21.8 Å². The average Bonchev–Trinajstić information content (AvgIpc) is 2.71. The van der Waals surface area contributed by atoms with Crippen molar-refractivity contribution < 1.29 is 26.8 Å². The van der Waals surface area contributed by atoms with Crippen LogP contribution >= 0.6 is 11.6 Å². The van der Waals surface area contributed by atoms with Crippen molar-refractivity contribution >= 4 is 39.1 Å². The van der Waals surface area contributed by atoms with Crippen molar-refractivity contribution in [3.05, 3.63) is 64.7 Å². The van der Waals surface area contributed by atoms with Gasteiger partial charge in [-0.15, -0.1) is 0 Å². The minimum atomic E-state index is -3.98. The molecule has 0 aliphatic heterocycles. The molecule has 2 rings (SSSR count). The maximum absolute atomic E-state index is 14.2. The lowest BCUT2D eigenvalue weighted by atomic mass is 10.1. The van der Waals surface area contributed by atoms with Gasteiger partial charge >= 0.3 is 0 Å². The van der Waals surface area contributed by atoms with Gasteiger partial charge in [-0.1, -0.05) is 29.8 Å². The van der Waals surface area contributed by atoms with Crippen LogP contribution in [0.5, 0.6) is 0 Å². The first-order chi connectivity index (χ1) is 14.5. The Bertz CT molecular complexity index is 1080. The monoisotopic (exact) mass is 473 g/mol. The van der Waals surface area contributed by atoms with Crippen molar-refractivity contribution in [1.29, 1.82) is 0 Å². The predicted octanol–water partition coefficient (Wildman–Crippen LogP) is 2.55. The van der Waals surface area contributed by atoms with E-state index < -0.39 is 46.1 Å². The Labute approximate surface area is 184 Å². The number of sulfonamides is 1. The smallest absolute Gasteiger partial charge is 0.244 e. The van der Waals surface area contributed by atoms with E-state index in [-0.39, 0.29) is 22.8 Å². The summed E-state index contributed by atoms with van der Waals surface area (Å²) < 4.78 is 53.1. The molecule has 11 heteroatoms. The van der Waals surface area contributed by atoms with Crippen LogP contribution in [-0.4, -0.2) is 51.0 Å². The zero-order chi connectivity index (χ0) is 23.3. The Hall–Kier alpha value is -2.72. The first-order valence-electron chi connectivity index (χ1n) is 9.13. The number of hydrogen-bond acceptors (Lipinski definition) is 4. The number of hydrogen-bond donors (Lipinski definition) is 1. The molecule has 1 atom stereocenters. The maximum Gasteiger partial charge on any atom is 0.244 e. The fourth-order valence-electron chi connectivity index (χ4n) is 2.86. The molecule has 2 aromatic rings. The highest BCUT2D eigenvalue weighted by molar-refractivity contribution is 7.92. The van der Waals surface area contributed by atoms with Gasteiger partial charge in [0.1, 0.15) is 24.2 Å². The van der Waals surface area contributed by atoms with Crippen molar-refractivity contribution in [2.24, 2.45) is 0 Å². The standard InChI is InChI=1S/C20H22ClF2N3O4S/c1-13(20(28)24-2)25(11-14-6-4-5-7-17(14)22)19(27)12-26(31(3,29)30)15-8-9-18(23)16(21)10-15/h4-10,13H,11-12H2,1-3H3,(H,24,28). The number of carbonyl (C=O) groups is 2. The molecular weight excluding hydrogens is 452 g/mol. The summed E-state index contributed by atoms with van der Waals surface area (Å²) in [7, 11) is -2.60. The van der Waals surface area contributed by atoms with Crippen LogP contribution in [0.1, 0.15) is 12.5 Å². The summed E-state index contributed by atoms with van der Waals surface area (Å²) in [6.45, 7) is 0.482. The molecule has 1 N–H and O–H groups in total. The number of nitrogens with zero attached hydrogens (tertiary/aromatic N) is 2. The molecular formula is C20H22ClF2N3O4S. The second-order valence-electron chi connectivity index (χ2n) is 6.77. The maximum atomic E-state index is 14.2. The van der Waals surface area contributed by atoms with E-state index >= 15 is 0 Å². The second-order valence-corrected chi connectivity index (χ2v) is 9.09. The van der Waals surface area contributed by atoms with Gasteiger partial charge in [-0.3, -0.25) is 13.9 Å². The molecule has 7 nitrogen and oxygen atoms in total. The molecule has 0 fully saturated rings. The third-order valence-electron chi connectivity index (χ3n) is 4.58. The van der Waals surface area contributed by atoms with Crippen LogP contribution in [0.4, 0.5) is 14.5 Å². The highest BCUT2D eigenvalue weighted by atomic mass is 35.5. The number of benzene rings is 2. The summed E-state index contributed by atoms with van der Waals surface area (Å²) in [4.78, 5) is 26.4. The molecule has 1 unspecified atom stereocenters. The fourth-order valence-corrected chi connectivity index (χ4v) is 3.87. The molecule has 31 heavy (non-hydrogen) atoms. The van der Waals surface area contributed by atoms with Gasteiger partial charge in [-0.25, -0.2) is 17.2 Å². The molecule has 2 aromatic carbocycles. The molecule has 2 amide bonds. The van der Waals surface area contributed by atoms with Gasteiger partial charge < -0.3 is 10.2 Å². The lowest BCUT2D eigenvalue weighted by Crippen LogP contribution is -2.50. The highest BCUT2D eigenvalue weighted by Gasteiger charge is 2.30. The van der Waals surface area contributed by atoms with E-state index in [2.05, 4.69) is 5.32 Å². The Morgan fingerprint density at radius 2 is 1.77 bits per heavy atom. The van der Waals surface area contributed by atoms with Crippen molar-refractivity contribution in [1.82, 2.24) is 10.2 Å². The molecule has 0 aromatic heterocycles. The molecule has 0 radical (unpaired) electrons. The van der Waals surface area contributed by atoms with Crippen LogP contribution in [0.15, 0.2) is 42.5 Å². The summed E-state index contributed by atoms with van der Waals surface area (Å²) >= 11 is 5.76. The van der Waals surface area contributed by atoms with Gasteiger partial charge in [0.25, 0.3) is 0 Å². The number of nitrogens with one attached hydrogen (secondary N) is 1. The molecule has 0 bridgehead atoms. The predicted molar refractivity (Wildman–Crippen MR) is 114 cm³/mol. The van der Waals surface area contributed by atoms with E-state index in [0.29, 0.717) is 0 Å². The zero-order valence-corrected chi connectivity index (χ0v) is 18.7. The molecule has 0 saturated heterocycles. The Kier molecular flexibility index (Phi) is 7.96. The quantitative estimate of drug-likeness (QED) is 0.638. The van der Waals surface area contributed by atoms with E-state index in [9.17, 15) is 26.8 Å². The van der Waals surface area contributed by atoms with Crippen LogP contribution in [0.3, 0.4) is 0 Å². The number of rotatable bonds is 8. The largest absolute Gasteiger partial charge is 0.357 e. The van der Waals surface area contributed by atoms with E-state index in [4.69, 9.17) is 11.6 Å². The molecule has 168 valence electrons. The Morgan fingerprint density at radius 3 is 2.32 bits per heavy atom. The van der Waals surface area contributed by atoms with E-state index in [0.717, 1.165) is 27.6 Å². The molecule has 0 saturated carbocycles. The van der Waals surface area contributed by atoms with E-state index in [1.165, 1.54) is 38.2 Å². The number of carbonyl (C=O) groups excluding carboxylic acids is 2. The van der Waals surface area contributed by atoms with Gasteiger partial charge in [0, 0.05) is 19.2 Å². The number of anilines is 1. The van der Waals surface area contributed by atoms with Gasteiger partial charge in [0.05, 0.1) is 17.0 Å². The summed E-state index contributed by atoms with van der Waals surface area (Å²) in [6, 6.07) is 7.94. The summed E-state index contributed by atoms with van der Waals surface area (Å²) in [5, 5.41) is 2.09. The highest BCUT2D eigenvalue weighted by Crippen LogP contribution is 2.25. The van der Waals surface area contributed by atoms with Crippen LogP contribution < -0.4 is 9.62 Å². The topological polar surface area (TPSA) is 86.8 Å². The lowest BCUT2D eigenvalue weighted by Gasteiger charge is -2.31. The van der Waals surface area contributed by atoms with Crippen molar-refractivity contribution in [2.45, 2.75) is 19.5 Å².